The van der Waals surface area contributed by atoms with Crippen LogP contribution >= 0.6 is 0 Å². The van der Waals surface area contributed by atoms with Crippen LogP contribution in [-0.2, 0) is 0 Å². The lowest BCUT2D eigenvalue weighted by molar-refractivity contribution is 0.168. The molecule has 1 heterocycles. The highest BCUT2D eigenvalue weighted by atomic mass is 16.2. The van der Waals surface area contributed by atoms with E-state index in [1.54, 1.807) is 4.90 Å². The molecule has 0 aromatic heterocycles. The Kier molecular flexibility index (Phi) is 4.39. The van der Waals surface area contributed by atoms with E-state index in [4.69, 9.17) is 0 Å². The average Bonchev–Trinajstić information content (AvgIpc) is 2.61. The molecule has 2 amide bonds. The summed E-state index contributed by atoms with van der Waals surface area (Å²) in [6, 6.07) is 0.132. The van der Waals surface area contributed by atoms with Crippen LogP contribution in [0.25, 0.3) is 0 Å². The molecule has 88 valence electrons. The summed E-state index contributed by atoms with van der Waals surface area (Å²) < 4.78 is 0. The summed E-state index contributed by atoms with van der Waals surface area (Å²) in [6.45, 7) is 5.93. The number of hydrogen-bond donors (Lipinski definition) is 0. The first kappa shape index (κ1) is 12.3. The number of nitrogens with zero attached hydrogens (tertiary/aromatic N) is 3. The number of carbonyl (C=O) groups is 1. The lowest BCUT2D eigenvalue weighted by Crippen LogP contribution is -2.41. The molecule has 0 aliphatic carbocycles. The van der Waals surface area contributed by atoms with Gasteiger partial charge in [-0.2, -0.15) is 0 Å². The van der Waals surface area contributed by atoms with Gasteiger partial charge in [0.25, 0.3) is 0 Å². The van der Waals surface area contributed by atoms with Crippen LogP contribution in [-0.4, -0.2) is 68.1 Å². The van der Waals surface area contributed by atoms with Gasteiger partial charge in [-0.05, 0) is 32.9 Å². The molecule has 4 heteroatoms. The molecule has 1 aliphatic rings. The maximum absolute atomic E-state index is 11.8. The molecule has 0 aromatic carbocycles. The zero-order valence-corrected chi connectivity index (χ0v) is 10.4. The summed E-state index contributed by atoms with van der Waals surface area (Å²) in [6.07, 6.45) is 1.21. The molecule has 1 rings (SSSR count). The van der Waals surface area contributed by atoms with Crippen molar-refractivity contribution >= 4 is 6.03 Å². The fourth-order valence-corrected chi connectivity index (χ4v) is 2.07. The van der Waals surface area contributed by atoms with Crippen molar-refractivity contribution in [1.82, 2.24) is 14.7 Å². The summed E-state index contributed by atoms with van der Waals surface area (Å²) >= 11 is 0. The number of hydrogen-bond acceptors (Lipinski definition) is 2. The van der Waals surface area contributed by atoms with Gasteiger partial charge in [-0.1, -0.05) is 0 Å². The number of carbonyl (C=O) groups excluding carboxylic acids is 1. The monoisotopic (exact) mass is 213 g/mol. The van der Waals surface area contributed by atoms with Gasteiger partial charge in [-0.25, -0.2) is 4.79 Å². The molecule has 15 heavy (non-hydrogen) atoms. The average molecular weight is 213 g/mol. The largest absolute Gasteiger partial charge is 0.328 e. The van der Waals surface area contributed by atoms with Gasteiger partial charge < -0.3 is 14.7 Å². The third-order valence-corrected chi connectivity index (χ3v) is 3.15. The highest BCUT2D eigenvalue weighted by Crippen LogP contribution is 2.15. The van der Waals surface area contributed by atoms with E-state index in [2.05, 4.69) is 11.9 Å². The second kappa shape index (κ2) is 5.35. The summed E-state index contributed by atoms with van der Waals surface area (Å²) in [5, 5.41) is 0. The van der Waals surface area contributed by atoms with Crippen LogP contribution in [0.15, 0.2) is 0 Å². The standard InChI is InChI=1S/C11H23N3O/c1-5-13(3)11(15)14(4)9-10-6-7-12(2)8-10/h10H,5-9H2,1-4H3. The van der Waals surface area contributed by atoms with Crippen molar-refractivity contribution < 1.29 is 4.79 Å². The number of urea groups is 1. The van der Waals surface area contributed by atoms with Gasteiger partial charge in [0.2, 0.25) is 0 Å². The maximum atomic E-state index is 11.8. The predicted octanol–water partition coefficient (Wildman–Crippen LogP) is 0.942. The van der Waals surface area contributed by atoms with E-state index in [-0.39, 0.29) is 6.03 Å². The van der Waals surface area contributed by atoms with Crippen LogP contribution < -0.4 is 0 Å². The Morgan fingerprint density at radius 1 is 1.40 bits per heavy atom. The SMILES string of the molecule is CCN(C)C(=O)N(C)CC1CCN(C)C1. The Labute approximate surface area is 92.8 Å². The molecule has 0 saturated carbocycles. The fraction of sp³-hybridized carbons (Fsp3) is 0.909. The van der Waals surface area contributed by atoms with Crippen molar-refractivity contribution in [2.75, 3.05) is 47.3 Å². The van der Waals surface area contributed by atoms with E-state index in [9.17, 15) is 4.79 Å². The first-order valence-corrected chi connectivity index (χ1v) is 5.69. The van der Waals surface area contributed by atoms with E-state index in [0.717, 1.165) is 26.2 Å². The number of amides is 2. The van der Waals surface area contributed by atoms with Crippen LogP contribution in [0.5, 0.6) is 0 Å². The molecule has 0 spiro atoms. The summed E-state index contributed by atoms with van der Waals surface area (Å²) in [7, 11) is 5.88. The Morgan fingerprint density at radius 3 is 2.53 bits per heavy atom. The molecular formula is C11H23N3O. The molecule has 0 bridgehead atoms. The maximum Gasteiger partial charge on any atom is 0.319 e. The fourth-order valence-electron chi connectivity index (χ4n) is 2.07. The first-order valence-electron chi connectivity index (χ1n) is 5.69. The number of rotatable bonds is 3. The van der Waals surface area contributed by atoms with E-state index in [1.807, 2.05) is 25.9 Å². The van der Waals surface area contributed by atoms with Gasteiger partial charge in [-0.3, -0.25) is 0 Å². The quantitative estimate of drug-likeness (QED) is 0.697. The third kappa shape index (κ3) is 3.38. The molecule has 1 saturated heterocycles. The topological polar surface area (TPSA) is 26.8 Å². The molecule has 4 nitrogen and oxygen atoms in total. The normalized spacial score (nSPS) is 21.7. The first-order chi connectivity index (χ1) is 7.04. The van der Waals surface area contributed by atoms with Crippen molar-refractivity contribution in [3.05, 3.63) is 0 Å². The lowest BCUT2D eigenvalue weighted by atomic mass is 10.1. The van der Waals surface area contributed by atoms with Crippen LogP contribution in [0.4, 0.5) is 4.79 Å². The van der Waals surface area contributed by atoms with Crippen LogP contribution in [0.3, 0.4) is 0 Å². The van der Waals surface area contributed by atoms with Gasteiger partial charge in [-0.15, -0.1) is 0 Å². The van der Waals surface area contributed by atoms with Crippen molar-refractivity contribution in [2.24, 2.45) is 5.92 Å². The van der Waals surface area contributed by atoms with Crippen LogP contribution in [0.2, 0.25) is 0 Å². The highest BCUT2D eigenvalue weighted by Gasteiger charge is 2.23. The molecule has 1 atom stereocenters. The van der Waals surface area contributed by atoms with Crippen molar-refractivity contribution in [2.45, 2.75) is 13.3 Å². The van der Waals surface area contributed by atoms with Crippen molar-refractivity contribution in [1.29, 1.82) is 0 Å². The minimum Gasteiger partial charge on any atom is -0.328 e. The molecular weight excluding hydrogens is 190 g/mol. The second-order valence-corrected chi connectivity index (χ2v) is 4.59. The lowest BCUT2D eigenvalue weighted by Gasteiger charge is -2.26. The number of likely N-dealkylation sites (tertiary alicyclic amines) is 1. The Hall–Kier alpha value is -0.770. The minimum absolute atomic E-state index is 0.132. The Morgan fingerprint density at radius 2 is 2.07 bits per heavy atom. The molecule has 0 aromatic rings. The second-order valence-electron chi connectivity index (χ2n) is 4.59. The molecule has 1 aliphatic heterocycles. The van der Waals surface area contributed by atoms with E-state index < -0.39 is 0 Å². The van der Waals surface area contributed by atoms with Gasteiger partial charge in [0.1, 0.15) is 0 Å². The molecule has 0 radical (unpaired) electrons. The van der Waals surface area contributed by atoms with E-state index >= 15 is 0 Å². The van der Waals surface area contributed by atoms with E-state index in [1.165, 1.54) is 6.42 Å². The smallest absolute Gasteiger partial charge is 0.319 e. The van der Waals surface area contributed by atoms with Crippen LogP contribution in [0.1, 0.15) is 13.3 Å². The Bertz CT molecular complexity index is 220. The molecule has 0 N–H and O–H groups in total. The van der Waals surface area contributed by atoms with Gasteiger partial charge in [0.05, 0.1) is 0 Å². The summed E-state index contributed by atoms with van der Waals surface area (Å²) in [5.74, 6) is 0.647. The summed E-state index contributed by atoms with van der Waals surface area (Å²) in [4.78, 5) is 17.7. The van der Waals surface area contributed by atoms with E-state index in [0.29, 0.717) is 5.92 Å². The van der Waals surface area contributed by atoms with Crippen LogP contribution in [0, 0.1) is 5.92 Å². The van der Waals surface area contributed by atoms with Crippen molar-refractivity contribution in [3.63, 3.8) is 0 Å². The predicted molar refractivity (Wildman–Crippen MR) is 61.9 cm³/mol. The zero-order chi connectivity index (χ0) is 11.4. The molecule has 1 unspecified atom stereocenters. The van der Waals surface area contributed by atoms with Gasteiger partial charge in [0.15, 0.2) is 0 Å². The third-order valence-electron chi connectivity index (χ3n) is 3.15. The highest BCUT2D eigenvalue weighted by molar-refractivity contribution is 5.73. The summed E-state index contributed by atoms with van der Waals surface area (Å²) in [5.41, 5.74) is 0. The van der Waals surface area contributed by atoms with Gasteiger partial charge in [0, 0.05) is 33.7 Å². The Balaban J connectivity index is 2.35. The zero-order valence-electron chi connectivity index (χ0n) is 10.4. The molecule has 1 fully saturated rings. The van der Waals surface area contributed by atoms with Gasteiger partial charge >= 0.3 is 6.03 Å². The minimum atomic E-state index is 0.132. The van der Waals surface area contributed by atoms with Crippen molar-refractivity contribution in [3.8, 4) is 0 Å².